The van der Waals surface area contributed by atoms with Crippen LogP contribution >= 0.6 is 15.9 Å². The van der Waals surface area contributed by atoms with E-state index in [1.165, 1.54) is 0 Å². The molecule has 0 aliphatic heterocycles. The summed E-state index contributed by atoms with van der Waals surface area (Å²) in [6, 6.07) is 7.91. The zero-order chi connectivity index (χ0) is 14.2. The Bertz CT molecular complexity index is 603. The van der Waals surface area contributed by atoms with Gasteiger partial charge in [0.05, 0.1) is 11.5 Å². The quantitative estimate of drug-likeness (QED) is 0.903. The molecule has 1 heterocycles. The van der Waals surface area contributed by atoms with Gasteiger partial charge in [-0.1, -0.05) is 28.1 Å². The van der Waals surface area contributed by atoms with Gasteiger partial charge in [0.25, 0.3) is 0 Å². The number of nitrogens with zero attached hydrogens (tertiary/aromatic N) is 1. The average Bonchev–Trinajstić information content (AvgIpc) is 3.06. The van der Waals surface area contributed by atoms with Gasteiger partial charge in [-0.3, -0.25) is 4.79 Å². The lowest BCUT2D eigenvalue weighted by atomic mass is 9.95. The van der Waals surface area contributed by atoms with Crippen LogP contribution in [0.2, 0.25) is 0 Å². The number of imidazole rings is 1. The number of rotatable bonds is 4. The fourth-order valence-corrected chi connectivity index (χ4v) is 2.72. The summed E-state index contributed by atoms with van der Waals surface area (Å²) in [5.74, 6) is 0.869. The van der Waals surface area contributed by atoms with E-state index in [4.69, 9.17) is 0 Å². The Hall–Kier alpha value is -1.62. The second-order valence-corrected chi connectivity index (χ2v) is 6.17. The van der Waals surface area contributed by atoms with Gasteiger partial charge in [-0.25, -0.2) is 4.98 Å². The molecule has 0 spiro atoms. The molecule has 1 amide bonds. The Morgan fingerprint density at radius 2 is 2.10 bits per heavy atom. The van der Waals surface area contributed by atoms with Crippen LogP contribution in [-0.2, 0) is 10.2 Å². The predicted octanol–water partition coefficient (Wildman–Crippen LogP) is 3.08. The largest absolute Gasteiger partial charge is 0.347 e. The van der Waals surface area contributed by atoms with Crippen molar-refractivity contribution >= 4 is 21.8 Å². The summed E-state index contributed by atoms with van der Waals surface area (Å²) in [7, 11) is 0. The van der Waals surface area contributed by atoms with Crippen molar-refractivity contribution in [3.8, 4) is 0 Å². The number of benzene rings is 1. The number of aromatic amines is 1. The predicted molar refractivity (Wildman–Crippen MR) is 80.2 cm³/mol. The third-order valence-corrected chi connectivity index (χ3v) is 4.39. The molecule has 2 aromatic rings. The summed E-state index contributed by atoms with van der Waals surface area (Å²) >= 11 is 3.42. The number of H-pyrrole nitrogens is 1. The van der Waals surface area contributed by atoms with Crippen molar-refractivity contribution in [3.05, 3.63) is 52.5 Å². The van der Waals surface area contributed by atoms with Crippen molar-refractivity contribution < 1.29 is 4.79 Å². The Morgan fingerprint density at radius 3 is 2.65 bits per heavy atom. The fourth-order valence-electron chi connectivity index (χ4n) is 2.46. The number of hydrogen-bond donors (Lipinski definition) is 2. The van der Waals surface area contributed by atoms with Crippen LogP contribution < -0.4 is 5.32 Å². The number of carbonyl (C=O) groups is 1. The van der Waals surface area contributed by atoms with Crippen LogP contribution in [0.15, 0.2) is 41.1 Å². The van der Waals surface area contributed by atoms with Crippen LogP contribution in [0.1, 0.15) is 37.2 Å². The maximum atomic E-state index is 12.6. The Labute approximate surface area is 126 Å². The SMILES string of the molecule is CC(NC(=O)C1(c2ccc(Br)cc2)CC1)c1ncc[nH]1. The lowest BCUT2D eigenvalue weighted by Crippen LogP contribution is -2.36. The van der Waals surface area contributed by atoms with Crippen LogP contribution in [0.5, 0.6) is 0 Å². The molecule has 1 aliphatic rings. The molecule has 1 aliphatic carbocycles. The molecule has 3 rings (SSSR count). The first kappa shape index (κ1) is 13.4. The Kier molecular flexibility index (Phi) is 3.38. The minimum absolute atomic E-state index is 0.0868. The maximum Gasteiger partial charge on any atom is 0.231 e. The molecule has 1 atom stereocenters. The maximum absolute atomic E-state index is 12.6. The Morgan fingerprint density at radius 1 is 1.40 bits per heavy atom. The van der Waals surface area contributed by atoms with Crippen LogP contribution in [-0.4, -0.2) is 15.9 Å². The zero-order valence-electron chi connectivity index (χ0n) is 11.2. The molecule has 104 valence electrons. The summed E-state index contributed by atoms with van der Waals surface area (Å²) in [6.07, 6.45) is 5.27. The number of amides is 1. The van der Waals surface area contributed by atoms with Gasteiger partial charge in [0.2, 0.25) is 5.91 Å². The molecular weight excluding hydrogens is 318 g/mol. The normalized spacial score (nSPS) is 17.5. The second-order valence-electron chi connectivity index (χ2n) is 5.26. The minimum atomic E-state index is -0.346. The summed E-state index contributed by atoms with van der Waals surface area (Å²) in [5.41, 5.74) is 0.742. The smallest absolute Gasteiger partial charge is 0.231 e. The monoisotopic (exact) mass is 333 g/mol. The highest BCUT2D eigenvalue weighted by atomic mass is 79.9. The van der Waals surface area contributed by atoms with Crippen molar-refractivity contribution in [2.45, 2.75) is 31.2 Å². The first-order valence-electron chi connectivity index (χ1n) is 6.68. The molecule has 1 aromatic heterocycles. The van der Waals surface area contributed by atoms with Crippen molar-refractivity contribution in [2.24, 2.45) is 0 Å². The number of aromatic nitrogens is 2. The average molecular weight is 334 g/mol. The van der Waals surface area contributed by atoms with Crippen molar-refractivity contribution in [3.63, 3.8) is 0 Å². The topological polar surface area (TPSA) is 57.8 Å². The van der Waals surface area contributed by atoms with Crippen molar-refractivity contribution in [1.29, 1.82) is 0 Å². The van der Waals surface area contributed by atoms with E-state index in [0.717, 1.165) is 28.7 Å². The van der Waals surface area contributed by atoms with Gasteiger partial charge in [0, 0.05) is 16.9 Å². The standard InChI is InChI=1S/C15H16BrN3O/c1-10(13-17-8-9-18-13)19-14(20)15(6-7-15)11-2-4-12(16)5-3-11/h2-5,8-10H,6-7H2,1H3,(H,17,18)(H,19,20). The number of hydrogen-bond acceptors (Lipinski definition) is 2. The minimum Gasteiger partial charge on any atom is -0.347 e. The zero-order valence-corrected chi connectivity index (χ0v) is 12.8. The van der Waals surface area contributed by atoms with Crippen LogP contribution in [0.25, 0.3) is 0 Å². The van der Waals surface area contributed by atoms with Gasteiger partial charge in [-0.05, 0) is 37.5 Å². The third-order valence-electron chi connectivity index (χ3n) is 3.86. The molecule has 0 radical (unpaired) electrons. The van der Waals surface area contributed by atoms with Gasteiger partial charge in [-0.2, -0.15) is 0 Å². The summed E-state index contributed by atoms with van der Waals surface area (Å²) in [4.78, 5) is 19.8. The molecule has 0 saturated heterocycles. The van der Waals surface area contributed by atoms with Crippen molar-refractivity contribution in [1.82, 2.24) is 15.3 Å². The van der Waals surface area contributed by atoms with E-state index in [1.54, 1.807) is 12.4 Å². The summed E-state index contributed by atoms with van der Waals surface area (Å²) in [6.45, 7) is 1.94. The number of carbonyl (C=O) groups excluding carboxylic acids is 1. The van der Waals surface area contributed by atoms with E-state index < -0.39 is 0 Å². The van der Waals surface area contributed by atoms with Gasteiger partial charge in [0.1, 0.15) is 5.82 Å². The third kappa shape index (κ3) is 2.38. The van der Waals surface area contributed by atoms with E-state index in [0.29, 0.717) is 0 Å². The molecule has 20 heavy (non-hydrogen) atoms. The van der Waals surface area contributed by atoms with E-state index in [1.807, 2.05) is 31.2 Å². The van der Waals surface area contributed by atoms with Crippen LogP contribution in [0.3, 0.4) is 0 Å². The first-order chi connectivity index (χ1) is 9.62. The number of nitrogens with one attached hydrogen (secondary N) is 2. The molecule has 0 bridgehead atoms. The fraction of sp³-hybridized carbons (Fsp3) is 0.333. The molecule has 1 unspecified atom stereocenters. The summed E-state index contributed by atoms with van der Waals surface area (Å²) < 4.78 is 1.03. The van der Waals surface area contributed by atoms with E-state index in [9.17, 15) is 4.79 Å². The molecule has 1 saturated carbocycles. The molecule has 2 N–H and O–H groups in total. The molecule has 5 heteroatoms. The number of halogens is 1. The lowest BCUT2D eigenvalue weighted by Gasteiger charge is -2.19. The van der Waals surface area contributed by atoms with E-state index >= 15 is 0 Å². The van der Waals surface area contributed by atoms with Gasteiger partial charge >= 0.3 is 0 Å². The molecule has 1 aromatic carbocycles. The van der Waals surface area contributed by atoms with E-state index in [-0.39, 0.29) is 17.4 Å². The van der Waals surface area contributed by atoms with Gasteiger partial charge in [-0.15, -0.1) is 0 Å². The first-order valence-corrected chi connectivity index (χ1v) is 7.47. The molecular formula is C15H16BrN3O. The van der Waals surface area contributed by atoms with Gasteiger partial charge in [0.15, 0.2) is 0 Å². The molecule has 4 nitrogen and oxygen atoms in total. The highest BCUT2D eigenvalue weighted by Gasteiger charge is 2.51. The Balaban J connectivity index is 1.75. The van der Waals surface area contributed by atoms with E-state index in [2.05, 4.69) is 31.2 Å². The van der Waals surface area contributed by atoms with Crippen LogP contribution in [0, 0.1) is 0 Å². The molecule has 1 fully saturated rings. The van der Waals surface area contributed by atoms with Crippen LogP contribution in [0.4, 0.5) is 0 Å². The summed E-state index contributed by atoms with van der Waals surface area (Å²) in [5, 5.41) is 3.05. The lowest BCUT2D eigenvalue weighted by molar-refractivity contribution is -0.124. The second kappa shape index (κ2) is 5.05. The van der Waals surface area contributed by atoms with Crippen molar-refractivity contribution in [2.75, 3.05) is 0 Å². The van der Waals surface area contributed by atoms with Gasteiger partial charge < -0.3 is 10.3 Å². The highest BCUT2D eigenvalue weighted by molar-refractivity contribution is 9.10. The highest BCUT2D eigenvalue weighted by Crippen LogP contribution is 2.48.